The Kier molecular flexibility index (Phi) is 9.25. The zero-order valence-corrected chi connectivity index (χ0v) is 30.8. The van der Waals surface area contributed by atoms with E-state index in [9.17, 15) is 5.11 Å². The van der Waals surface area contributed by atoms with Gasteiger partial charge in [-0.1, -0.05) is 145 Å². The van der Waals surface area contributed by atoms with Crippen LogP contribution >= 0.6 is 0 Å². The third-order valence-corrected chi connectivity index (χ3v) is 9.50. The molecule has 0 bridgehead atoms. The Balaban J connectivity index is 1.44. The van der Waals surface area contributed by atoms with Crippen LogP contribution in [0.4, 0.5) is 17.2 Å². The first-order valence-corrected chi connectivity index (χ1v) is 17.9. The van der Waals surface area contributed by atoms with Gasteiger partial charge in [-0.3, -0.25) is 4.90 Å². The second kappa shape index (κ2) is 14.0. The van der Waals surface area contributed by atoms with Gasteiger partial charge in [-0.05, 0) is 81.6 Å². The smallest absolute Gasteiger partial charge is 0.137 e. The summed E-state index contributed by atoms with van der Waals surface area (Å²) in [6, 6.07) is 52.3. The van der Waals surface area contributed by atoms with Crippen molar-refractivity contribution < 1.29 is 5.11 Å². The highest BCUT2D eigenvalue weighted by molar-refractivity contribution is 5.88. The van der Waals surface area contributed by atoms with E-state index in [1.165, 1.54) is 0 Å². The average molecular weight is 680 g/mol. The molecule has 0 aliphatic heterocycles. The molecule has 0 aliphatic carbocycles. The molecular formula is C48H45N3O. The van der Waals surface area contributed by atoms with E-state index in [1.54, 1.807) is 0 Å². The first-order valence-electron chi connectivity index (χ1n) is 17.9. The number of pyridine rings is 2. The standard InChI is InChI=1S/C48H45N3O/c1-47(2,3)37-31-40(46(52)41(32-37)48(4,5)6)43-30-36(33-18-9-7-10-19-33)29-42(50-43)35-22-17-23-38(28-35)51(45-26-15-16-27-49-45)44-25-14-13-24-39(44)34-20-11-8-12-21-34/h7-32,52H,1-6H3. The zero-order valence-electron chi connectivity index (χ0n) is 30.8. The number of aromatic hydroxyl groups is 1. The van der Waals surface area contributed by atoms with Crippen LogP contribution in [0.25, 0.3) is 44.8 Å². The van der Waals surface area contributed by atoms with Crippen molar-refractivity contribution in [3.05, 3.63) is 169 Å². The molecule has 0 spiro atoms. The minimum atomic E-state index is -0.265. The molecule has 52 heavy (non-hydrogen) atoms. The predicted molar refractivity (Wildman–Crippen MR) is 218 cm³/mol. The Hall–Kier alpha value is -6.00. The Labute approximate surface area is 308 Å². The lowest BCUT2D eigenvalue weighted by atomic mass is 9.78. The van der Waals surface area contributed by atoms with Crippen molar-refractivity contribution in [3.8, 4) is 50.5 Å². The van der Waals surface area contributed by atoms with Gasteiger partial charge >= 0.3 is 0 Å². The summed E-state index contributed by atoms with van der Waals surface area (Å²) in [5, 5.41) is 11.9. The van der Waals surface area contributed by atoms with Gasteiger partial charge in [-0.25, -0.2) is 9.97 Å². The van der Waals surface area contributed by atoms with Gasteiger partial charge in [0.1, 0.15) is 11.6 Å². The fraction of sp³-hybridized carbons (Fsp3) is 0.167. The van der Waals surface area contributed by atoms with Gasteiger partial charge in [-0.15, -0.1) is 0 Å². The summed E-state index contributed by atoms with van der Waals surface area (Å²) < 4.78 is 0. The Morgan fingerprint density at radius 2 is 1.13 bits per heavy atom. The summed E-state index contributed by atoms with van der Waals surface area (Å²) >= 11 is 0. The van der Waals surface area contributed by atoms with Crippen molar-refractivity contribution in [2.24, 2.45) is 0 Å². The van der Waals surface area contributed by atoms with Gasteiger partial charge in [-0.2, -0.15) is 0 Å². The monoisotopic (exact) mass is 679 g/mol. The molecule has 4 nitrogen and oxygen atoms in total. The normalized spacial score (nSPS) is 11.7. The highest BCUT2D eigenvalue weighted by Gasteiger charge is 2.27. The average Bonchev–Trinajstić information content (AvgIpc) is 3.15. The topological polar surface area (TPSA) is 49.2 Å². The van der Waals surface area contributed by atoms with Crippen molar-refractivity contribution in [2.45, 2.75) is 52.4 Å². The number of hydrogen-bond acceptors (Lipinski definition) is 4. The van der Waals surface area contributed by atoms with E-state index in [1.807, 2.05) is 36.5 Å². The fourth-order valence-electron chi connectivity index (χ4n) is 6.66. The molecule has 0 saturated carbocycles. The van der Waals surface area contributed by atoms with E-state index in [4.69, 9.17) is 9.97 Å². The summed E-state index contributed by atoms with van der Waals surface area (Å²) in [7, 11) is 0. The quantitative estimate of drug-likeness (QED) is 0.182. The largest absolute Gasteiger partial charge is 0.507 e. The highest BCUT2D eigenvalue weighted by Crippen LogP contribution is 2.44. The lowest BCUT2D eigenvalue weighted by molar-refractivity contribution is 0.446. The first-order chi connectivity index (χ1) is 25.0. The third kappa shape index (κ3) is 7.11. The number of aromatic nitrogens is 2. The molecule has 5 aromatic carbocycles. The number of para-hydroxylation sites is 1. The molecule has 0 aliphatic rings. The summed E-state index contributed by atoms with van der Waals surface area (Å²) in [6.07, 6.45) is 1.83. The Morgan fingerprint density at radius 3 is 1.81 bits per heavy atom. The van der Waals surface area contributed by atoms with Gasteiger partial charge < -0.3 is 5.11 Å². The summed E-state index contributed by atoms with van der Waals surface area (Å²) in [5.41, 5.74) is 11.2. The van der Waals surface area contributed by atoms with Gasteiger partial charge in [0.25, 0.3) is 0 Å². The fourth-order valence-corrected chi connectivity index (χ4v) is 6.66. The number of benzene rings is 5. The van der Waals surface area contributed by atoms with Crippen LogP contribution in [-0.2, 0) is 10.8 Å². The van der Waals surface area contributed by atoms with Crippen molar-refractivity contribution in [3.63, 3.8) is 0 Å². The van der Waals surface area contributed by atoms with Crippen LogP contribution in [0, 0.1) is 0 Å². The first kappa shape index (κ1) is 34.4. The van der Waals surface area contributed by atoms with Crippen LogP contribution in [0.2, 0.25) is 0 Å². The van der Waals surface area contributed by atoms with E-state index in [-0.39, 0.29) is 16.6 Å². The summed E-state index contributed by atoms with van der Waals surface area (Å²) in [6.45, 7) is 13.1. The number of anilines is 3. The SMILES string of the molecule is CC(C)(C)c1cc(-c2cc(-c3ccccc3)cc(-c3cccc(N(c4ccccn4)c4ccccc4-c4ccccc4)c3)n2)c(O)c(C(C)(C)C)c1. The second-order valence-electron chi connectivity index (χ2n) is 15.4. The molecular weight excluding hydrogens is 635 g/mol. The molecule has 2 aromatic heterocycles. The minimum absolute atomic E-state index is 0.123. The minimum Gasteiger partial charge on any atom is -0.507 e. The summed E-state index contributed by atoms with van der Waals surface area (Å²) in [4.78, 5) is 12.4. The number of hydrogen-bond donors (Lipinski definition) is 1. The maximum Gasteiger partial charge on any atom is 0.137 e. The summed E-state index contributed by atoms with van der Waals surface area (Å²) in [5.74, 6) is 1.09. The molecule has 7 aromatic rings. The molecule has 4 heteroatoms. The molecule has 258 valence electrons. The van der Waals surface area contributed by atoms with Crippen LogP contribution in [0.3, 0.4) is 0 Å². The lowest BCUT2D eigenvalue weighted by Crippen LogP contribution is -2.17. The molecule has 7 rings (SSSR count). The van der Waals surface area contributed by atoms with E-state index in [0.717, 1.165) is 73.1 Å². The zero-order chi connectivity index (χ0) is 36.5. The molecule has 0 fully saturated rings. The van der Waals surface area contributed by atoms with Gasteiger partial charge in [0.05, 0.1) is 17.1 Å². The number of nitrogens with zero attached hydrogens (tertiary/aromatic N) is 3. The number of phenolic OH excluding ortho intramolecular Hbond substituents is 1. The maximum absolute atomic E-state index is 11.9. The predicted octanol–water partition coefficient (Wildman–Crippen LogP) is 12.9. The van der Waals surface area contributed by atoms with Crippen LogP contribution in [0.15, 0.2) is 158 Å². The van der Waals surface area contributed by atoms with Crippen molar-refractivity contribution in [1.29, 1.82) is 0 Å². The molecule has 2 heterocycles. The van der Waals surface area contributed by atoms with Crippen molar-refractivity contribution in [1.82, 2.24) is 9.97 Å². The van der Waals surface area contributed by atoms with Crippen molar-refractivity contribution in [2.75, 3.05) is 4.90 Å². The third-order valence-electron chi connectivity index (χ3n) is 9.50. The van der Waals surface area contributed by atoms with Gasteiger partial charge in [0, 0.05) is 34.1 Å². The molecule has 0 unspecified atom stereocenters. The Bertz CT molecular complexity index is 2320. The maximum atomic E-state index is 11.9. The molecule has 0 atom stereocenters. The number of rotatable bonds is 7. The van der Waals surface area contributed by atoms with E-state index in [0.29, 0.717) is 0 Å². The molecule has 0 amide bonds. The molecule has 0 radical (unpaired) electrons. The van der Waals surface area contributed by atoms with Crippen LogP contribution in [0.1, 0.15) is 52.7 Å². The van der Waals surface area contributed by atoms with Gasteiger partial charge in [0.15, 0.2) is 0 Å². The number of phenols is 1. The molecule has 0 saturated heterocycles. The van der Waals surface area contributed by atoms with E-state index < -0.39 is 0 Å². The van der Waals surface area contributed by atoms with Crippen LogP contribution in [-0.4, -0.2) is 15.1 Å². The van der Waals surface area contributed by atoms with Crippen molar-refractivity contribution >= 4 is 17.2 Å². The lowest BCUT2D eigenvalue weighted by Gasteiger charge is -2.28. The second-order valence-corrected chi connectivity index (χ2v) is 15.4. The Morgan fingerprint density at radius 1 is 0.500 bits per heavy atom. The van der Waals surface area contributed by atoms with Gasteiger partial charge in [0.2, 0.25) is 0 Å². The van der Waals surface area contributed by atoms with E-state index in [2.05, 4.69) is 168 Å². The van der Waals surface area contributed by atoms with Crippen LogP contribution < -0.4 is 4.90 Å². The van der Waals surface area contributed by atoms with E-state index >= 15 is 0 Å². The highest BCUT2D eigenvalue weighted by atomic mass is 16.3. The van der Waals surface area contributed by atoms with Crippen LogP contribution in [0.5, 0.6) is 5.75 Å². The molecule has 1 N–H and O–H groups in total.